The first kappa shape index (κ1) is 14.7. The number of phenols is 1. The van der Waals surface area contributed by atoms with Crippen molar-refractivity contribution in [1.82, 2.24) is 10.3 Å². The number of nitrogens with two attached hydrogens (primary N) is 1. The van der Waals surface area contributed by atoms with Gasteiger partial charge in [-0.15, -0.1) is 0 Å². The highest BCUT2D eigenvalue weighted by molar-refractivity contribution is 5.66. The summed E-state index contributed by atoms with van der Waals surface area (Å²) in [4.78, 5) is 4.52. The standard InChI is InChI=1S/C20H19N3O/c21-20-17-12-22-19(9-13-5-2-1-3-6-13)16(17)11-18(23-20)14-7-4-8-15(24)10-14/h1-8,10-11,19,22,24H,9,12H2,(H2,21,23)/t19-/m1/s1. The summed E-state index contributed by atoms with van der Waals surface area (Å²) >= 11 is 0. The molecular formula is C20H19N3O. The molecule has 0 aliphatic carbocycles. The molecule has 1 aromatic heterocycles. The Labute approximate surface area is 141 Å². The van der Waals surface area contributed by atoms with Crippen molar-refractivity contribution in [1.29, 1.82) is 0 Å². The maximum atomic E-state index is 9.71. The van der Waals surface area contributed by atoms with Gasteiger partial charge in [-0.2, -0.15) is 0 Å². The Morgan fingerprint density at radius 1 is 1.08 bits per heavy atom. The molecule has 0 fully saturated rings. The van der Waals surface area contributed by atoms with Crippen LogP contribution in [0.5, 0.6) is 5.75 Å². The number of nitrogen functional groups attached to an aromatic ring is 1. The summed E-state index contributed by atoms with van der Waals surface area (Å²) in [5, 5.41) is 13.2. The van der Waals surface area contributed by atoms with Crippen molar-refractivity contribution >= 4 is 5.82 Å². The molecule has 4 nitrogen and oxygen atoms in total. The van der Waals surface area contributed by atoms with Gasteiger partial charge in [-0.25, -0.2) is 4.98 Å². The lowest BCUT2D eigenvalue weighted by molar-refractivity contribution is 0.475. The molecule has 1 atom stereocenters. The second kappa shape index (κ2) is 5.98. The van der Waals surface area contributed by atoms with Crippen LogP contribution in [0.1, 0.15) is 22.7 Å². The van der Waals surface area contributed by atoms with Crippen molar-refractivity contribution in [2.24, 2.45) is 0 Å². The average Bonchev–Trinajstić information content (AvgIpc) is 2.99. The summed E-state index contributed by atoms with van der Waals surface area (Å²) in [6.45, 7) is 0.742. The van der Waals surface area contributed by atoms with Crippen LogP contribution >= 0.6 is 0 Å². The lowest BCUT2D eigenvalue weighted by Crippen LogP contribution is -2.14. The van der Waals surface area contributed by atoms with Crippen molar-refractivity contribution in [3.05, 3.63) is 77.4 Å². The first-order valence-electron chi connectivity index (χ1n) is 8.07. The minimum atomic E-state index is 0.226. The third kappa shape index (κ3) is 2.72. The van der Waals surface area contributed by atoms with Crippen LogP contribution in [0.3, 0.4) is 0 Å². The third-order valence-electron chi connectivity index (χ3n) is 4.52. The van der Waals surface area contributed by atoms with E-state index in [4.69, 9.17) is 5.73 Å². The van der Waals surface area contributed by atoms with Crippen molar-refractivity contribution < 1.29 is 5.11 Å². The smallest absolute Gasteiger partial charge is 0.128 e. The molecule has 0 bridgehead atoms. The van der Waals surface area contributed by atoms with Gasteiger partial charge < -0.3 is 16.2 Å². The van der Waals surface area contributed by atoms with Crippen molar-refractivity contribution in [3.8, 4) is 17.0 Å². The summed E-state index contributed by atoms with van der Waals surface area (Å²) < 4.78 is 0. The van der Waals surface area contributed by atoms with Gasteiger partial charge in [0.25, 0.3) is 0 Å². The predicted octanol–water partition coefficient (Wildman–Crippen LogP) is 3.42. The number of benzene rings is 2. The van der Waals surface area contributed by atoms with Crippen LogP contribution in [0.15, 0.2) is 60.7 Å². The van der Waals surface area contributed by atoms with Crippen molar-refractivity contribution in [2.75, 3.05) is 5.73 Å². The molecule has 3 aromatic rings. The number of hydrogen-bond acceptors (Lipinski definition) is 4. The second-order valence-electron chi connectivity index (χ2n) is 6.13. The number of fused-ring (bicyclic) bond motifs is 1. The van der Waals surface area contributed by atoms with E-state index in [-0.39, 0.29) is 11.8 Å². The maximum absolute atomic E-state index is 9.71. The quantitative estimate of drug-likeness (QED) is 0.692. The molecule has 0 amide bonds. The number of phenolic OH excluding ortho intramolecular Hbond substituents is 1. The molecule has 1 aliphatic rings. The van der Waals surface area contributed by atoms with Crippen molar-refractivity contribution in [3.63, 3.8) is 0 Å². The van der Waals surface area contributed by atoms with Gasteiger partial charge in [0, 0.05) is 23.7 Å². The van der Waals surface area contributed by atoms with E-state index in [1.54, 1.807) is 12.1 Å². The molecule has 120 valence electrons. The van der Waals surface area contributed by atoms with Crippen LogP contribution in [0.2, 0.25) is 0 Å². The normalized spacial score (nSPS) is 16.1. The first-order chi connectivity index (χ1) is 11.7. The van der Waals surface area contributed by atoms with E-state index in [2.05, 4.69) is 40.6 Å². The number of nitrogens with one attached hydrogen (secondary N) is 1. The Balaban J connectivity index is 1.72. The SMILES string of the molecule is Nc1nc(-c2cccc(O)c2)cc2c1CN[C@@H]2Cc1ccccc1. The molecule has 4 rings (SSSR count). The molecule has 24 heavy (non-hydrogen) atoms. The molecular weight excluding hydrogens is 298 g/mol. The number of nitrogens with zero attached hydrogens (tertiary/aromatic N) is 1. The molecule has 4 N–H and O–H groups in total. The van der Waals surface area contributed by atoms with E-state index in [0.29, 0.717) is 5.82 Å². The third-order valence-corrected chi connectivity index (χ3v) is 4.52. The van der Waals surface area contributed by atoms with Gasteiger partial charge in [0.2, 0.25) is 0 Å². The number of aromatic hydroxyl groups is 1. The lowest BCUT2D eigenvalue weighted by Gasteiger charge is -2.14. The van der Waals surface area contributed by atoms with Gasteiger partial charge in [0.1, 0.15) is 11.6 Å². The Bertz CT molecular complexity index is 877. The zero-order valence-electron chi connectivity index (χ0n) is 13.2. The van der Waals surface area contributed by atoms with E-state index in [1.807, 2.05) is 18.2 Å². The fourth-order valence-corrected chi connectivity index (χ4v) is 3.30. The zero-order valence-corrected chi connectivity index (χ0v) is 13.2. The molecule has 2 heterocycles. The summed E-state index contributed by atoms with van der Waals surface area (Å²) in [5.74, 6) is 0.793. The first-order valence-corrected chi connectivity index (χ1v) is 8.07. The lowest BCUT2D eigenvalue weighted by atomic mass is 9.97. The second-order valence-corrected chi connectivity index (χ2v) is 6.13. The highest BCUT2D eigenvalue weighted by Crippen LogP contribution is 2.34. The molecule has 4 heteroatoms. The predicted molar refractivity (Wildman–Crippen MR) is 95.5 cm³/mol. The van der Waals surface area contributed by atoms with Gasteiger partial charge >= 0.3 is 0 Å². The van der Waals surface area contributed by atoms with Crippen LogP contribution in [0.4, 0.5) is 5.82 Å². The maximum Gasteiger partial charge on any atom is 0.128 e. The highest BCUT2D eigenvalue weighted by atomic mass is 16.3. The van der Waals surface area contributed by atoms with Gasteiger partial charge in [-0.05, 0) is 35.7 Å². The summed E-state index contributed by atoms with van der Waals surface area (Å²) in [7, 11) is 0. The van der Waals surface area contributed by atoms with Crippen LogP contribution in [0.25, 0.3) is 11.3 Å². The monoisotopic (exact) mass is 317 g/mol. The minimum absolute atomic E-state index is 0.226. The van der Waals surface area contributed by atoms with Crippen LogP contribution in [-0.2, 0) is 13.0 Å². The largest absolute Gasteiger partial charge is 0.508 e. The van der Waals surface area contributed by atoms with E-state index in [1.165, 1.54) is 11.1 Å². The van der Waals surface area contributed by atoms with Gasteiger partial charge in [0.05, 0.1) is 5.69 Å². The average molecular weight is 317 g/mol. The van der Waals surface area contributed by atoms with E-state index >= 15 is 0 Å². The Kier molecular flexibility index (Phi) is 3.67. The topological polar surface area (TPSA) is 71.2 Å². The minimum Gasteiger partial charge on any atom is -0.508 e. The summed E-state index contributed by atoms with van der Waals surface area (Å²) in [6.07, 6.45) is 0.913. The van der Waals surface area contributed by atoms with Crippen LogP contribution < -0.4 is 11.1 Å². The fourth-order valence-electron chi connectivity index (χ4n) is 3.30. The molecule has 0 radical (unpaired) electrons. The van der Waals surface area contributed by atoms with Crippen LogP contribution in [-0.4, -0.2) is 10.1 Å². The van der Waals surface area contributed by atoms with E-state index < -0.39 is 0 Å². The van der Waals surface area contributed by atoms with Gasteiger partial charge in [-0.3, -0.25) is 0 Å². The molecule has 0 saturated heterocycles. The number of anilines is 1. The number of aromatic nitrogens is 1. The summed E-state index contributed by atoms with van der Waals surface area (Å²) in [5.41, 5.74) is 11.4. The Morgan fingerprint density at radius 3 is 2.71 bits per heavy atom. The number of hydrogen-bond donors (Lipinski definition) is 3. The Hall–Kier alpha value is -2.85. The summed E-state index contributed by atoms with van der Waals surface area (Å²) in [6, 6.07) is 19.9. The van der Waals surface area contributed by atoms with E-state index in [0.717, 1.165) is 29.8 Å². The molecule has 0 unspecified atom stereocenters. The molecule has 0 spiro atoms. The van der Waals surface area contributed by atoms with Gasteiger partial charge in [-0.1, -0.05) is 42.5 Å². The number of rotatable bonds is 3. The molecule has 1 aliphatic heterocycles. The highest BCUT2D eigenvalue weighted by Gasteiger charge is 2.25. The Morgan fingerprint density at radius 2 is 1.92 bits per heavy atom. The zero-order chi connectivity index (χ0) is 16.5. The number of pyridine rings is 1. The molecule has 0 saturated carbocycles. The van der Waals surface area contributed by atoms with Gasteiger partial charge in [0.15, 0.2) is 0 Å². The van der Waals surface area contributed by atoms with Crippen molar-refractivity contribution in [2.45, 2.75) is 19.0 Å². The van der Waals surface area contributed by atoms with Crippen LogP contribution in [0, 0.1) is 0 Å². The molecule has 2 aromatic carbocycles. The fraction of sp³-hybridized carbons (Fsp3) is 0.150. The van der Waals surface area contributed by atoms with E-state index in [9.17, 15) is 5.11 Å².